The van der Waals surface area contributed by atoms with Gasteiger partial charge in [0.15, 0.2) is 0 Å². The lowest BCUT2D eigenvalue weighted by atomic mass is 10.1. The summed E-state index contributed by atoms with van der Waals surface area (Å²) in [6.07, 6.45) is 0. The molecular weight excluding hydrogens is 270 g/mol. The first-order chi connectivity index (χ1) is 9.75. The van der Waals surface area contributed by atoms with E-state index in [1.807, 2.05) is 67.7 Å². The molecule has 3 nitrogen and oxygen atoms in total. The van der Waals surface area contributed by atoms with E-state index in [4.69, 9.17) is 11.6 Å². The Balaban J connectivity index is 1.99. The third kappa shape index (κ3) is 2.40. The number of aryl methyl sites for hydroxylation is 1. The molecule has 2 aromatic carbocycles. The van der Waals surface area contributed by atoms with Crippen LogP contribution in [0.15, 0.2) is 60.7 Å². The molecule has 0 aliphatic carbocycles. The summed E-state index contributed by atoms with van der Waals surface area (Å²) in [7, 11) is 1.88. The van der Waals surface area contributed by atoms with Crippen molar-refractivity contribution >= 4 is 23.1 Å². The van der Waals surface area contributed by atoms with Crippen molar-refractivity contribution in [2.45, 2.75) is 0 Å². The van der Waals surface area contributed by atoms with Crippen LogP contribution in [0, 0.1) is 0 Å². The predicted octanol–water partition coefficient (Wildman–Crippen LogP) is 4.48. The Morgan fingerprint density at radius 1 is 0.950 bits per heavy atom. The number of nitrogens with zero attached hydrogens (tertiary/aromatic N) is 2. The van der Waals surface area contributed by atoms with Crippen molar-refractivity contribution in [2.24, 2.45) is 7.05 Å². The average molecular weight is 284 g/mol. The monoisotopic (exact) mass is 283 g/mol. The molecule has 3 rings (SSSR count). The van der Waals surface area contributed by atoms with Crippen LogP contribution in [0.4, 0.5) is 11.5 Å². The van der Waals surface area contributed by atoms with Gasteiger partial charge in [0.1, 0.15) is 16.5 Å². The van der Waals surface area contributed by atoms with Gasteiger partial charge < -0.3 is 5.32 Å². The molecule has 0 radical (unpaired) electrons. The Morgan fingerprint density at radius 3 is 2.20 bits per heavy atom. The molecule has 0 spiro atoms. The van der Waals surface area contributed by atoms with E-state index < -0.39 is 0 Å². The van der Waals surface area contributed by atoms with Crippen LogP contribution in [-0.4, -0.2) is 9.78 Å². The minimum absolute atomic E-state index is 0.627. The number of halogens is 1. The van der Waals surface area contributed by atoms with Gasteiger partial charge in [-0.3, -0.25) is 4.68 Å². The van der Waals surface area contributed by atoms with Gasteiger partial charge in [-0.05, 0) is 12.1 Å². The van der Waals surface area contributed by atoms with Crippen LogP contribution in [0.3, 0.4) is 0 Å². The number of anilines is 2. The molecule has 0 aliphatic heterocycles. The molecule has 0 fully saturated rings. The van der Waals surface area contributed by atoms with Crippen molar-refractivity contribution in [1.29, 1.82) is 0 Å². The zero-order valence-electron chi connectivity index (χ0n) is 11.0. The van der Waals surface area contributed by atoms with Gasteiger partial charge >= 0.3 is 0 Å². The summed E-state index contributed by atoms with van der Waals surface area (Å²) in [5.74, 6) is 0.789. The van der Waals surface area contributed by atoms with E-state index in [1.54, 1.807) is 4.68 Å². The lowest BCUT2D eigenvalue weighted by Crippen LogP contribution is -1.99. The van der Waals surface area contributed by atoms with E-state index in [9.17, 15) is 0 Å². The maximum atomic E-state index is 6.47. The smallest absolute Gasteiger partial charge is 0.148 e. The Kier molecular flexibility index (Phi) is 3.44. The van der Waals surface area contributed by atoms with Gasteiger partial charge in [0.25, 0.3) is 0 Å². The summed E-state index contributed by atoms with van der Waals surface area (Å²) >= 11 is 6.47. The van der Waals surface area contributed by atoms with Gasteiger partial charge in [-0.25, -0.2) is 0 Å². The lowest BCUT2D eigenvalue weighted by Gasteiger charge is -2.06. The van der Waals surface area contributed by atoms with Crippen LogP contribution < -0.4 is 5.32 Å². The number of para-hydroxylation sites is 1. The van der Waals surface area contributed by atoms with E-state index in [0.29, 0.717) is 5.02 Å². The van der Waals surface area contributed by atoms with Gasteiger partial charge in [0, 0.05) is 18.3 Å². The molecule has 0 atom stereocenters. The highest BCUT2D eigenvalue weighted by Gasteiger charge is 2.15. The second-order valence-corrected chi connectivity index (χ2v) is 4.87. The minimum Gasteiger partial charge on any atom is -0.339 e. The van der Waals surface area contributed by atoms with E-state index in [-0.39, 0.29) is 0 Å². The zero-order chi connectivity index (χ0) is 13.9. The van der Waals surface area contributed by atoms with Crippen LogP contribution in [0.25, 0.3) is 11.3 Å². The summed E-state index contributed by atoms with van der Waals surface area (Å²) in [5.41, 5.74) is 2.78. The maximum Gasteiger partial charge on any atom is 0.148 e. The van der Waals surface area contributed by atoms with Crippen LogP contribution in [0.5, 0.6) is 0 Å². The first kappa shape index (κ1) is 12.8. The molecule has 1 heterocycles. The molecule has 1 aromatic heterocycles. The number of aromatic nitrogens is 2. The van der Waals surface area contributed by atoms with Crippen molar-refractivity contribution in [3.8, 4) is 11.3 Å². The molecular formula is C16H14ClN3. The third-order valence-electron chi connectivity index (χ3n) is 3.07. The second-order valence-electron chi connectivity index (χ2n) is 4.49. The largest absolute Gasteiger partial charge is 0.339 e. The molecule has 3 aromatic rings. The lowest BCUT2D eigenvalue weighted by molar-refractivity contribution is 0.780. The van der Waals surface area contributed by atoms with Crippen molar-refractivity contribution in [2.75, 3.05) is 5.32 Å². The van der Waals surface area contributed by atoms with Crippen LogP contribution >= 0.6 is 11.6 Å². The molecule has 4 heteroatoms. The summed E-state index contributed by atoms with van der Waals surface area (Å²) < 4.78 is 1.76. The Hall–Kier alpha value is -2.26. The predicted molar refractivity (Wildman–Crippen MR) is 83.4 cm³/mol. The third-order valence-corrected chi connectivity index (χ3v) is 3.43. The van der Waals surface area contributed by atoms with Crippen LogP contribution in [0.2, 0.25) is 5.02 Å². The highest BCUT2D eigenvalue weighted by atomic mass is 35.5. The standard InChI is InChI=1S/C16H14ClN3/c1-20-16(18-13-10-6-3-7-11-13)14(17)15(19-20)12-8-4-2-5-9-12/h2-11,18H,1H3. The van der Waals surface area contributed by atoms with Crippen molar-refractivity contribution in [3.63, 3.8) is 0 Å². The number of rotatable bonds is 3. The molecule has 100 valence electrons. The van der Waals surface area contributed by atoms with E-state index in [0.717, 1.165) is 22.8 Å². The van der Waals surface area contributed by atoms with E-state index >= 15 is 0 Å². The summed E-state index contributed by atoms with van der Waals surface area (Å²) in [6, 6.07) is 19.8. The molecule has 0 saturated heterocycles. The summed E-state index contributed by atoms with van der Waals surface area (Å²) in [6.45, 7) is 0. The fourth-order valence-corrected chi connectivity index (χ4v) is 2.39. The number of nitrogens with one attached hydrogen (secondary N) is 1. The Labute approximate surface area is 122 Å². The quantitative estimate of drug-likeness (QED) is 0.768. The summed E-state index contributed by atoms with van der Waals surface area (Å²) in [5, 5.41) is 8.43. The van der Waals surface area contributed by atoms with Gasteiger partial charge in [0.05, 0.1) is 0 Å². The first-order valence-electron chi connectivity index (χ1n) is 6.35. The molecule has 0 unspecified atom stereocenters. The van der Waals surface area contributed by atoms with Crippen LogP contribution in [0.1, 0.15) is 0 Å². The maximum absolute atomic E-state index is 6.47. The zero-order valence-corrected chi connectivity index (χ0v) is 11.8. The summed E-state index contributed by atoms with van der Waals surface area (Å²) in [4.78, 5) is 0. The molecule has 20 heavy (non-hydrogen) atoms. The first-order valence-corrected chi connectivity index (χ1v) is 6.73. The van der Waals surface area contributed by atoms with Gasteiger partial charge in [-0.2, -0.15) is 5.10 Å². The SMILES string of the molecule is Cn1nc(-c2ccccc2)c(Cl)c1Nc1ccccc1. The van der Waals surface area contributed by atoms with Gasteiger partial charge in [0.2, 0.25) is 0 Å². The Morgan fingerprint density at radius 2 is 1.55 bits per heavy atom. The topological polar surface area (TPSA) is 29.9 Å². The normalized spacial score (nSPS) is 10.5. The molecule has 1 N–H and O–H groups in total. The molecule has 0 amide bonds. The van der Waals surface area contributed by atoms with Crippen molar-refractivity contribution in [1.82, 2.24) is 9.78 Å². The average Bonchev–Trinajstić information content (AvgIpc) is 2.77. The molecule has 0 saturated carbocycles. The van der Waals surface area contributed by atoms with Gasteiger partial charge in [-0.1, -0.05) is 60.1 Å². The number of hydrogen-bond acceptors (Lipinski definition) is 2. The molecule has 0 bridgehead atoms. The van der Waals surface area contributed by atoms with Gasteiger partial charge in [-0.15, -0.1) is 0 Å². The fourth-order valence-electron chi connectivity index (χ4n) is 2.07. The minimum atomic E-state index is 0.627. The highest BCUT2D eigenvalue weighted by Crippen LogP contribution is 2.34. The van der Waals surface area contributed by atoms with Crippen LogP contribution in [-0.2, 0) is 7.05 Å². The Bertz CT molecular complexity index is 705. The number of benzene rings is 2. The fraction of sp³-hybridized carbons (Fsp3) is 0.0625. The number of hydrogen-bond donors (Lipinski definition) is 1. The van der Waals surface area contributed by atoms with Crippen molar-refractivity contribution < 1.29 is 0 Å². The molecule has 0 aliphatic rings. The van der Waals surface area contributed by atoms with Crippen molar-refractivity contribution in [3.05, 3.63) is 65.7 Å². The van der Waals surface area contributed by atoms with E-state index in [2.05, 4.69) is 10.4 Å². The highest BCUT2D eigenvalue weighted by molar-refractivity contribution is 6.35. The van der Waals surface area contributed by atoms with E-state index in [1.165, 1.54) is 0 Å². The second kappa shape index (κ2) is 5.39.